The Morgan fingerprint density at radius 3 is 2.68 bits per heavy atom. The van der Waals surface area contributed by atoms with E-state index in [1.807, 2.05) is 24.3 Å². The molecule has 0 aromatic heterocycles. The van der Waals surface area contributed by atoms with E-state index in [1.54, 1.807) is 4.31 Å². The van der Waals surface area contributed by atoms with Crippen molar-refractivity contribution in [3.8, 4) is 0 Å². The van der Waals surface area contributed by atoms with Crippen LogP contribution in [-0.2, 0) is 16.4 Å². The van der Waals surface area contributed by atoms with Crippen molar-refractivity contribution >= 4 is 45.6 Å². The van der Waals surface area contributed by atoms with Gasteiger partial charge in [-0.15, -0.1) is 24.0 Å². The Kier molecular flexibility index (Phi) is 6.79. The molecule has 0 unspecified atom stereocenters. The molecule has 0 radical (unpaired) electrons. The molecular formula is C20H31IN4O2S. The average Bonchev–Trinajstić information content (AvgIpc) is 3.26. The molecule has 8 heteroatoms. The monoisotopic (exact) mass is 518 g/mol. The van der Waals surface area contributed by atoms with Crippen LogP contribution in [-0.4, -0.2) is 57.8 Å². The van der Waals surface area contributed by atoms with Gasteiger partial charge in [0.05, 0.1) is 18.0 Å². The van der Waals surface area contributed by atoms with E-state index in [2.05, 4.69) is 22.1 Å². The molecular weight excluding hydrogens is 487 g/mol. The van der Waals surface area contributed by atoms with Gasteiger partial charge in [0.15, 0.2) is 5.96 Å². The zero-order valence-electron chi connectivity index (χ0n) is 16.6. The number of nitrogens with one attached hydrogen (secondary N) is 1. The second kappa shape index (κ2) is 8.77. The van der Waals surface area contributed by atoms with Gasteiger partial charge in [0.25, 0.3) is 0 Å². The Morgan fingerprint density at radius 1 is 1.21 bits per heavy atom. The molecule has 0 bridgehead atoms. The average molecular weight is 518 g/mol. The molecule has 156 valence electrons. The van der Waals surface area contributed by atoms with Crippen LogP contribution >= 0.6 is 24.0 Å². The number of sulfonamides is 1. The van der Waals surface area contributed by atoms with Crippen molar-refractivity contribution in [3.63, 3.8) is 0 Å². The fourth-order valence-electron chi connectivity index (χ4n) is 4.60. The van der Waals surface area contributed by atoms with Crippen molar-refractivity contribution in [2.75, 3.05) is 42.8 Å². The van der Waals surface area contributed by atoms with Gasteiger partial charge in [0, 0.05) is 26.2 Å². The van der Waals surface area contributed by atoms with E-state index < -0.39 is 10.0 Å². The maximum Gasteiger partial charge on any atom is 0.237 e. The summed E-state index contributed by atoms with van der Waals surface area (Å²) in [4.78, 5) is 6.98. The van der Waals surface area contributed by atoms with Gasteiger partial charge in [-0.3, -0.25) is 9.30 Å². The number of rotatable bonds is 5. The van der Waals surface area contributed by atoms with Crippen LogP contribution in [0.3, 0.4) is 0 Å². The fraction of sp³-hybridized carbons (Fsp3) is 0.650. The normalized spacial score (nSPS) is 20.7. The second-order valence-electron chi connectivity index (χ2n) is 8.03. The van der Waals surface area contributed by atoms with Crippen LogP contribution in [0, 0.1) is 5.41 Å². The Balaban J connectivity index is 0.00000225. The Hall–Kier alpha value is -1.03. The van der Waals surface area contributed by atoms with E-state index in [4.69, 9.17) is 0 Å². The smallest absolute Gasteiger partial charge is 0.237 e. The van der Waals surface area contributed by atoms with E-state index in [9.17, 15) is 8.42 Å². The lowest BCUT2D eigenvalue weighted by Crippen LogP contribution is -2.43. The number of aliphatic imine (C=N–C) groups is 1. The summed E-state index contributed by atoms with van der Waals surface area (Å²) in [5.74, 6) is 0.924. The number of hydrogen-bond acceptors (Lipinski definition) is 3. The van der Waals surface area contributed by atoms with Crippen molar-refractivity contribution in [3.05, 3.63) is 29.8 Å². The van der Waals surface area contributed by atoms with Gasteiger partial charge in [-0.25, -0.2) is 8.42 Å². The summed E-state index contributed by atoms with van der Waals surface area (Å²) in [5, 5.41) is 3.35. The third-order valence-electron chi connectivity index (χ3n) is 6.28. The molecule has 3 aliphatic rings. The molecule has 1 aromatic rings. The maximum atomic E-state index is 12.8. The van der Waals surface area contributed by atoms with Crippen LogP contribution in [0.15, 0.2) is 29.3 Å². The van der Waals surface area contributed by atoms with Crippen LogP contribution in [0.1, 0.15) is 38.2 Å². The van der Waals surface area contributed by atoms with Gasteiger partial charge in [-0.05, 0) is 49.7 Å². The second-order valence-corrected chi connectivity index (χ2v) is 10.0. The first-order chi connectivity index (χ1) is 13.0. The van der Waals surface area contributed by atoms with E-state index in [0.717, 1.165) is 43.3 Å². The third kappa shape index (κ3) is 4.27. The summed E-state index contributed by atoms with van der Waals surface area (Å²) in [7, 11) is -3.34. The number of para-hydroxylation sites is 1. The highest BCUT2D eigenvalue weighted by Gasteiger charge is 2.43. The van der Waals surface area contributed by atoms with Gasteiger partial charge in [-0.2, -0.15) is 0 Å². The summed E-state index contributed by atoms with van der Waals surface area (Å²) < 4.78 is 27.2. The predicted octanol–water partition coefficient (Wildman–Crippen LogP) is 2.84. The predicted molar refractivity (Wildman–Crippen MR) is 125 cm³/mol. The molecule has 1 aromatic carbocycles. The standard InChI is InChI=1S/C20H30N4O2S.HI/c1-2-21-19(23-14-11-20(16-23)9-5-10-20)22-12-15-27(25,26)24-13-8-17-6-3-4-7-18(17)24;/h3-4,6-7H,2,5,8-16H2,1H3,(H,21,22);1H. The van der Waals surface area contributed by atoms with Crippen LogP contribution < -0.4 is 9.62 Å². The van der Waals surface area contributed by atoms with E-state index >= 15 is 0 Å². The minimum absolute atomic E-state index is 0. The highest BCUT2D eigenvalue weighted by molar-refractivity contribution is 14.0. The fourth-order valence-corrected chi connectivity index (χ4v) is 5.99. The SMILES string of the molecule is CCNC(=NCCS(=O)(=O)N1CCc2ccccc21)N1CCC2(CCC2)C1.I. The van der Waals surface area contributed by atoms with Crippen molar-refractivity contribution in [2.45, 2.75) is 39.0 Å². The molecule has 1 aliphatic carbocycles. The zero-order valence-corrected chi connectivity index (χ0v) is 19.7. The van der Waals surface area contributed by atoms with Crippen molar-refractivity contribution in [1.82, 2.24) is 10.2 Å². The quantitative estimate of drug-likeness (QED) is 0.370. The van der Waals surface area contributed by atoms with Crippen LogP contribution in [0.2, 0.25) is 0 Å². The molecule has 1 saturated heterocycles. The lowest BCUT2D eigenvalue weighted by atomic mass is 9.68. The minimum atomic E-state index is -3.34. The zero-order chi connectivity index (χ0) is 18.9. The Morgan fingerprint density at radius 2 is 2.00 bits per heavy atom. The molecule has 0 amide bonds. The van der Waals surface area contributed by atoms with E-state index in [0.29, 0.717) is 18.5 Å². The number of benzene rings is 1. The van der Waals surface area contributed by atoms with Gasteiger partial charge in [-0.1, -0.05) is 24.6 Å². The molecule has 1 spiro atoms. The van der Waals surface area contributed by atoms with Crippen molar-refractivity contribution in [2.24, 2.45) is 10.4 Å². The van der Waals surface area contributed by atoms with Crippen LogP contribution in [0.25, 0.3) is 0 Å². The van der Waals surface area contributed by atoms with Gasteiger partial charge < -0.3 is 10.2 Å². The van der Waals surface area contributed by atoms with E-state index in [1.165, 1.54) is 25.7 Å². The number of nitrogens with zero attached hydrogens (tertiary/aromatic N) is 3. The lowest BCUT2D eigenvalue weighted by molar-refractivity contribution is 0.151. The molecule has 2 heterocycles. The number of anilines is 1. The number of halogens is 1. The molecule has 1 N–H and O–H groups in total. The summed E-state index contributed by atoms with van der Waals surface area (Å²) >= 11 is 0. The first-order valence-corrected chi connectivity index (χ1v) is 11.8. The number of fused-ring (bicyclic) bond motifs is 1. The van der Waals surface area contributed by atoms with Crippen LogP contribution in [0.5, 0.6) is 0 Å². The van der Waals surface area contributed by atoms with Crippen molar-refractivity contribution < 1.29 is 8.42 Å². The first-order valence-electron chi connectivity index (χ1n) is 10.1. The summed E-state index contributed by atoms with van der Waals surface area (Å²) in [6.07, 6.45) is 6.02. The van der Waals surface area contributed by atoms with Crippen LogP contribution in [0.4, 0.5) is 5.69 Å². The summed E-state index contributed by atoms with van der Waals surface area (Å²) in [6.45, 7) is 5.79. The summed E-state index contributed by atoms with van der Waals surface area (Å²) in [5.41, 5.74) is 2.45. The number of guanidine groups is 1. The molecule has 6 nitrogen and oxygen atoms in total. The molecule has 1 saturated carbocycles. The Labute approximate surface area is 185 Å². The van der Waals surface area contributed by atoms with Gasteiger partial charge >= 0.3 is 0 Å². The molecule has 2 aliphatic heterocycles. The molecule has 0 atom stereocenters. The Bertz CT molecular complexity index is 823. The largest absolute Gasteiger partial charge is 0.357 e. The number of likely N-dealkylation sites (tertiary alicyclic amines) is 1. The van der Waals surface area contributed by atoms with E-state index in [-0.39, 0.29) is 29.7 Å². The lowest BCUT2D eigenvalue weighted by Gasteiger charge is -2.38. The summed E-state index contributed by atoms with van der Waals surface area (Å²) in [6, 6.07) is 7.77. The first kappa shape index (κ1) is 21.7. The highest BCUT2D eigenvalue weighted by atomic mass is 127. The minimum Gasteiger partial charge on any atom is -0.357 e. The van der Waals surface area contributed by atoms with Crippen molar-refractivity contribution in [1.29, 1.82) is 0 Å². The van der Waals surface area contributed by atoms with Gasteiger partial charge in [0.2, 0.25) is 10.0 Å². The number of hydrogen-bond donors (Lipinski definition) is 1. The molecule has 28 heavy (non-hydrogen) atoms. The molecule has 2 fully saturated rings. The molecule has 4 rings (SSSR count). The third-order valence-corrected chi connectivity index (χ3v) is 8.03. The maximum absolute atomic E-state index is 12.8. The van der Waals surface area contributed by atoms with Gasteiger partial charge in [0.1, 0.15) is 0 Å². The highest BCUT2D eigenvalue weighted by Crippen LogP contribution is 2.47. The topological polar surface area (TPSA) is 65.0 Å².